The molecule has 0 aromatic carbocycles. The van der Waals surface area contributed by atoms with E-state index in [0.29, 0.717) is 6.10 Å². The van der Waals surface area contributed by atoms with Crippen LogP contribution >= 0.6 is 0 Å². The first-order valence-corrected chi connectivity index (χ1v) is 9.92. The number of unbranched alkanes of at least 4 members (excludes halogenated alkanes) is 12. The summed E-state index contributed by atoms with van der Waals surface area (Å²) < 4.78 is 5.91. The topological polar surface area (TPSA) is 9.23 Å². The van der Waals surface area contributed by atoms with E-state index in [1.54, 1.807) is 0 Å². The molecule has 21 heavy (non-hydrogen) atoms. The van der Waals surface area contributed by atoms with E-state index in [1.165, 1.54) is 96.3 Å². The van der Waals surface area contributed by atoms with E-state index in [1.807, 2.05) is 0 Å². The summed E-state index contributed by atoms with van der Waals surface area (Å²) in [7, 11) is 0. The molecule has 0 aliphatic rings. The molecule has 0 radical (unpaired) electrons. The highest BCUT2D eigenvalue weighted by Crippen LogP contribution is 2.12. The van der Waals surface area contributed by atoms with Crippen molar-refractivity contribution >= 4 is 0 Å². The largest absolute Gasteiger partial charge is 0.379 e. The van der Waals surface area contributed by atoms with Crippen molar-refractivity contribution in [3.05, 3.63) is 0 Å². The Morgan fingerprint density at radius 1 is 0.571 bits per heavy atom. The van der Waals surface area contributed by atoms with Crippen LogP contribution in [0.1, 0.15) is 117 Å². The lowest BCUT2D eigenvalue weighted by Crippen LogP contribution is -2.09. The van der Waals surface area contributed by atoms with Crippen LogP contribution in [0.15, 0.2) is 0 Å². The number of hydrogen-bond donors (Lipinski definition) is 0. The summed E-state index contributed by atoms with van der Waals surface area (Å²) in [6.45, 7) is 7.78. The molecule has 0 saturated heterocycles. The molecule has 128 valence electrons. The minimum Gasteiger partial charge on any atom is -0.379 e. The van der Waals surface area contributed by atoms with Crippen LogP contribution in [0.3, 0.4) is 0 Å². The average Bonchev–Trinajstić information content (AvgIpc) is 2.49. The van der Waals surface area contributed by atoms with Gasteiger partial charge in [0.25, 0.3) is 0 Å². The molecular weight excluding hydrogens is 256 g/mol. The zero-order valence-electron chi connectivity index (χ0n) is 15.3. The molecule has 0 spiro atoms. The molecule has 0 heterocycles. The molecule has 1 heteroatoms. The lowest BCUT2D eigenvalue weighted by atomic mass is 10.1. The number of ether oxygens (including phenoxy) is 1. The van der Waals surface area contributed by atoms with Crippen molar-refractivity contribution in [2.24, 2.45) is 0 Å². The maximum atomic E-state index is 5.91. The zero-order valence-corrected chi connectivity index (χ0v) is 15.3. The second-order valence-electron chi connectivity index (χ2n) is 6.71. The molecule has 0 saturated carbocycles. The van der Waals surface area contributed by atoms with Crippen LogP contribution < -0.4 is 0 Å². The van der Waals surface area contributed by atoms with E-state index < -0.39 is 0 Å². The van der Waals surface area contributed by atoms with Gasteiger partial charge in [-0.2, -0.15) is 0 Å². The Morgan fingerprint density at radius 3 is 1.52 bits per heavy atom. The van der Waals surface area contributed by atoms with E-state index in [4.69, 9.17) is 4.74 Å². The molecule has 0 fully saturated rings. The third-order valence-corrected chi connectivity index (χ3v) is 4.36. The Kier molecular flexibility index (Phi) is 18.0. The fourth-order valence-electron chi connectivity index (χ4n) is 2.82. The Labute approximate surface area is 135 Å². The van der Waals surface area contributed by atoms with Crippen molar-refractivity contribution in [1.29, 1.82) is 0 Å². The van der Waals surface area contributed by atoms with Gasteiger partial charge in [-0.3, -0.25) is 0 Å². The van der Waals surface area contributed by atoms with Gasteiger partial charge >= 0.3 is 0 Å². The summed E-state index contributed by atoms with van der Waals surface area (Å²) in [4.78, 5) is 0. The SMILES string of the molecule is CCCCCCCCCCC(C)OCCCCCCCC. The molecule has 0 rings (SSSR count). The molecule has 0 amide bonds. The molecule has 0 aliphatic carbocycles. The molecule has 1 atom stereocenters. The molecule has 0 aromatic heterocycles. The molecule has 0 aliphatic heterocycles. The van der Waals surface area contributed by atoms with Gasteiger partial charge in [-0.25, -0.2) is 0 Å². The Morgan fingerprint density at radius 2 is 1.00 bits per heavy atom. The first-order valence-electron chi connectivity index (χ1n) is 9.92. The van der Waals surface area contributed by atoms with E-state index >= 15 is 0 Å². The second kappa shape index (κ2) is 18.0. The average molecular weight is 299 g/mol. The first-order chi connectivity index (χ1) is 10.3. The number of hydrogen-bond acceptors (Lipinski definition) is 1. The Hall–Kier alpha value is -0.0400. The van der Waals surface area contributed by atoms with E-state index in [0.717, 1.165) is 6.61 Å². The Balaban J connectivity index is 3.11. The van der Waals surface area contributed by atoms with Crippen LogP contribution in [-0.2, 0) is 4.74 Å². The van der Waals surface area contributed by atoms with Crippen molar-refractivity contribution in [2.75, 3.05) is 6.61 Å². The maximum absolute atomic E-state index is 5.91. The van der Waals surface area contributed by atoms with Crippen LogP contribution in [0, 0.1) is 0 Å². The predicted molar refractivity (Wildman–Crippen MR) is 96.0 cm³/mol. The van der Waals surface area contributed by atoms with Crippen LogP contribution in [-0.4, -0.2) is 12.7 Å². The highest BCUT2D eigenvalue weighted by atomic mass is 16.5. The van der Waals surface area contributed by atoms with Gasteiger partial charge < -0.3 is 4.74 Å². The molecule has 1 unspecified atom stereocenters. The van der Waals surface area contributed by atoms with Crippen LogP contribution in [0.2, 0.25) is 0 Å². The van der Waals surface area contributed by atoms with Gasteiger partial charge in [0.15, 0.2) is 0 Å². The predicted octanol–water partition coefficient (Wildman–Crippen LogP) is 7.28. The zero-order chi connectivity index (χ0) is 15.6. The summed E-state index contributed by atoms with van der Waals surface area (Å²) >= 11 is 0. The van der Waals surface area contributed by atoms with Crippen LogP contribution in [0.25, 0.3) is 0 Å². The summed E-state index contributed by atoms with van der Waals surface area (Å²) in [5.74, 6) is 0. The minimum atomic E-state index is 0.473. The van der Waals surface area contributed by atoms with Crippen molar-refractivity contribution in [2.45, 2.75) is 123 Å². The van der Waals surface area contributed by atoms with E-state index in [-0.39, 0.29) is 0 Å². The fourth-order valence-corrected chi connectivity index (χ4v) is 2.82. The van der Waals surface area contributed by atoms with Gasteiger partial charge in [-0.05, 0) is 19.8 Å². The van der Waals surface area contributed by atoms with Gasteiger partial charge in [0.1, 0.15) is 0 Å². The van der Waals surface area contributed by atoms with Crippen molar-refractivity contribution in [3.8, 4) is 0 Å². The lowest BCUT2D eigenvalue weighted by molar-refractivity contribution is 0.0557. The first kappa shape index (κ1) is 21.0. The molecule has 1 nitrogen and oxygen atoms in total. The van der Waals surface area contributed by atoms with Gasteiger partial charge in [-0.1, -0.05) is 97.3 Å². The second-order valence-corrected chi connectivity index (χ2v) is 6.71. The third kappa shape index (κ3) is 17.9. The summed E-state index contributed by atoms with van der Waals surface area (Å²) in [5.41, 5.74) is 0. The fraction of sp³-hybridized carbons (Fsp3) is 1.00. The van der Waals surface area contributed by atoms with E-state index in [9.17, 15) is 0 Å². The minimum absolute atomic E-state index is 0.473. The van der Waals surface area contributed by atoms with Gasteiger partial charge in [0.2, 0.25) is 0 Å². The molecule has 0 bridgehead atoms. The van der Waals surface area contributed by atoms with Crippen molar-refractivity contribution < 1.29 is 4.74 Å². The monoisotopic (exact) mass is 298 g/mol. The highest BCUT2D eigenvalue weighted by Gasteiger charge is 2.01. The van der Waals surface area contributed by atoms with E-state index in [2.05, 4.69) is 20.8 Å². The van der Waals surface area contributed by atoms with Gasteiger partial charge in [-0.15, -0.1) is 0 Å². The standard InChI is InChI=1S/C20H42O/c1-4-6-8-10-12-13-14-16-18-20(3)21-19-17-15-11-9-7-5-2/h20H,4-19H2,1-3H3. The smallest absolute Gasteiger partial charge is 0.0547 e. The maximum Gasteiger partial charge on any atom is 0.0547 e. The summed E-state index contributed by atoms with van der Waals surface area (Å²) in [6.07, 6.45) is 21.1. The molecule has 0 N–H and O–H groups in total. The number of rotatable bonds is 17. The summed E-state index contributed by atoms with van der Waals surface area (Å²) in [6, 6.07) is 0. The van der Waals surface area contributed by atoms with Gasteiger partial charge in [0.05, 0.1) is 6.10 Å². The van der Waals surface area contributed by atoms with Crippen molar-refractivity contribution in [3.63, 3.8) is 0 Å². The van der Waals surface area contributed by atoms with Gasteiger partial charge in [0, 0.05) is 6.61 Å². The van der Waals surface area contributed by atoms with Crippen LogP contribution in [0.5, 0.6) is 0 Å². The van der Waals surface area contributed by atoms with Crippen LogP contribution in [0.4, 0.5) is 0 Å². The summed E-state index contributed by atoms with van der Waals surface area (Å²) in [5, 5.41) is 0. The highest BCUT2D eigenvalue weighted by molar-refractivity contribution is 4.53. The Bertz CT molecular complexity index is 179. The molecule has 0 aromatic rings. The normalized spacial score (nSPS) is 12.7. The third-order valence-electron chi connectivity index (χ3n) is 4.36. The quantitative estimate of drug-likeness (QED) is 0.256. The molecular formula is C20H42O. The van der Waals surface area contributed by atoms with Crippen molar-refractivity contribution in [1.82, 2.24) is 0 Å². The lowest BCUT2D eigenvalue weighted by Gasteiger charge is -2.12.